The maximum Gasteiger partial charge on any atom is 0.336 e. The van der Waals surface area contributed by atoms with Gasteiger partial charge in [-0.15, -0.1) is 12.6 Å². The van der Waals surface area contributed by atoms with Gasteiger partial charge in [0.2, 0.25) is 0 Å². The Hall–Kier alpha value is -0.480. The molecule has 0 saturated carbocycles. The van der Waals surface area contributed by atoms with Crippen LogP contribution in [0.5, 0.6) is 0 Å². The largest absolute Gasteiger partial charge is 0.478 e. The average Bonchev–Trinajstić information content (AvgIpc) is 1.96. The fourth-order valence-corrected chi connectivity index (χ4v) is 1.65. The fraction of sp³-hybridized carbons (Fsp3) is 0.125. The van der Waals surface area contributed by atoms with Crippen LogP contribution in [0.3, 0.4) is 0 Å². The van der Waals surface area contributed by atoms with Crippen LogP contribution in [0.4, 0.5) is 0 Å². The van der Waals surface area contributed by atoms with Gasteiger partial charge in [0.15, 0.2) is 0 Å². The predicted molar refractivity (Wildman–Crippen MR) is 53.1 cm³/mol. The smallest absolute Gasteiger partial charge is 0.336 e. The fourth-order valence-electron chi connectivity index (χ4n) is 0.842. The van der Waals surface area contributed by atoms with Crippen molar-refractivity contribution in [2.24, 2.45) is 0 Å². The van der Waals surface area contributed by atoms with Gasteiger partial charge in [-0.05, 0) is 24.6 Å². The molecule has 0 bridgehead atoms. The number of hydrogen-bond acceptors (Lipinski definition) is 2. The van der Waals surface area contributed by atoms with E-state index in [1.807, 2.05) is 6.92 Å². The van der Waals surface area contributed by atoms with Crippen LogP contribution in [0.2, 0.25) is 0 Å². The summed E-state index contributed by atoms with van der Waals surface area (Å²) in [6.45, 7) is 1.84. The first-order valence-electron chi connectivity index (χ1n) is 3.25. The normalized spacial score (nSPS) is 9.92. The maximum absolute atomic E-state index is 10.6. The molecule has 0 aromatic heterocycles. The molecular formula is C8H7BrO2S. The van der Waals surface area contributed by atoms with E-state index in [2.05, 4.69) is 28.6 Å². The van der Waals surface area contributed by atoms with Gasteiger partial charge in [-0.3, -0.25) is 0 Å². The standard InChI is InChI=1S/C8H7BrO2S/c1-4-2-5(8(10)11)7(12)3-6(4)9/h2-3,12H,1H3,(H,10,11). The van der Waals surface area contributed by atoms with Crippen molar-refractivity contribution >= 4 is 34.5 Å². The van der Waals surface area contributed by atoms with Crippen LogP contribution in [0, 0.1) is 6.92 Å². The van der Waals surface area contributed by atoms with E-state index in [1.54, 1.807) is 12.1 Å². The zero-order valence-corrected chi connectivity index (χ0v) is 8.82. The summed E-state index contributed by atoms with van der Waals surface area (Å²) >= 11 is 7.33. The monoisotopic (exact) mass is 246 g/mol. The Balaban J connectivity index is 3.33. The number of benzene rings is 1. The van der Waals surface area contributed by atoms with Crippen LogP contribution >= 0.6 is 28.6 Å². The summed E-state index contributed by atoms with van der Waals surface area (Å²) in [5.74, 6) is -0.949. The zero-order valence-electron chi connectivity index (χ0n) is 6.34. The first-order valence-corrected chi connectivity index (χ1v) is 4.49. The van der Waals surface area contributed by atoms with E-state index in [1.165, 1.54) is 0 Å². The van der Waals surface area contributed by atoms with Crippen LogP contribution < -0.4 is 0 Å². The number of halogens is 1. The quantitative estimate of drug-likeness (QED) is 0.748. The molecule has 0 radical (unpaired) electrons. The van der Waals surface area contributed by atoms with Crippen molar-refractivity contribution in [2.75, 3.05) is 0 Å². The highest BCUT2D eigenvalue weighted by Crippen LogP contribution is 2.23. The lowest BCUT2D eigenvalue weighted by molar-refractivity contribution is 0.0693. The van der Waals surface area contributed by atoms with Crippen LogP contribution in [-0.4, -0.2) is 11.1 Å². The van der Waals surface area contributed by atoms with Crippen molar-refractivity contribution in [3.63, 3.8) is 0 Å². The number of carboxylic acid groups (broad SMARTS) is 1. The molecule has 0 unspecified atom stereocenters. The molecule has 64 valence electrons. The van der Waals surface area contributed by atoms with E-state index in [-0.39, 0.29) is 5.56 Å². The zero-order chi connectivity index (χ0) is 9.30. The van der Waals surface area contributed by atoms with Gasteiger partial charge in [-0.25, -0.2) is 4.79 Å². The molecule has 1 N–H and O–H groups in total. The molecule has 1 aromatic carbocycles. The van der Waals surface area contributed by atoms with E-state index >= 15 is 0 Å². The minimum absolute atomic E-state index is 0.235. The van der Waals surface area contributed by atoms with Crippen molar-refractivity contribution in [3.05, 3.63) is 27.7 Å². The molecule has 0 fully saturated rings. The summed E-state index contributed by atoms with van der Waals surface area (Å²) in [7, 11) is 0. The molecule has 0 aliphatic carbocycles. The van der Waals surface area contributed by atoms with Crippen molar-refractivity contribution in [2.45, 2.75) is 11.8 Å². The molecule has 12 heavy (non-hydrogen) atoms. The van der Waals surface area contributed by atoms with Crippen LogP contribution in [0.25, 0.3) is 0 Å². The van der Waals surface area contributed by atoms with Crippen molar-refractivity contribution in [1.29, 1.82) is 0 Å². The molecular weight excluding hydrogens is 240 g/mol. The number of rotatable bonds is 1. The Bertz CT molecular complexity index is 336. The van der Waals surface area contributed by atoms with E-state index in [4.69, 9.17) is 5.11 Å². The molecule has 1 rings (SSSR count). The summed E-state index contributed by atoms with van der Waals surface area (Å²) in [6.07, 6.45) is 0. The molecule has 0 heterocycles. The highest BCUT2D eigenvalue weighted by Gasteiger charge is 2.09. The minimum Gasteiger partial charge on any atom is -0.478 e. The lowest BCUT2D eigenvalue weighted by Crippen LogP contribution is -1.98. The Morgan fingerprint density at radius 1 is 1.58 bits per heavy atom. The number of carbonyl (C=O) groups is 1. The van der Waals surface area contributed by atoms with Gasteiger partial charge in [0.1, 0.15) is 0 Å². The van der Waals surface area contributed by atoms with Crippen LogP contribution in [-0.2, 0) is 0 Å². The highest BCUT2D eigenvalue weighted by atomic mass is 79.9. The summed E-state index contributed by atoms with van der Waals surface area (Å²) in [5, 5.41) is 8.72. The van der Waals surface area contributed by atoms with Gasteiger partial charge in [0.05, 0.1) is 5.56 Å². The summed E-state index contributed by atoms with van der Waals surface area (Å²) in [6, 6.07) is 3.27. The molecule has 0 aliphatic heterocycles. The molecule has 0 amide bonds. The molecule has 4 heteroatoms. The Kier molecular flexibility index (Phi) is 2.80. The first-order chi connectivity index (χ1) is 5.52. The Morgan fingerprint density at radius 3 is 2.67 bits per heavy atom. The molecule has 2 nitrogen and oxygen atoms in total. The molecule has 0 spiro atoms. The number of aromatic carboxylic acids is 1. The lowest BCUT2D eigenvalue weighted by atomic mass is 10.1. The minimum atomic E-state index is -0.949. The third-order valence-electron chi connectivity index (χ3n) is 1.51. The number of hydrogen-bond donors (Lipinski definition) is 2. The predicted octanol–water partition coefficient (Wildman–Crippen LogP) is 2.74. The Labute approximate surface area is 84.1 Å². The summed E-state index contributed by atoms with van der Waals surface area (Å²) in [5.41, 5.74) is 1.13. The van der Waals surface area contributed by atoms with Crippen LogP contribution in [0.15, 0.2) is 21.5 Å². The summed E-state index contributed by atoms with van der Waals surface area (Å²) in [4.78, 5) is 11.1. The number of carboxylic acids is 1. The lowest BCUT2D eigenvalue weighted by Gasteiger charge is -2.03. The van der Waals surface area contributed by atoms with E-state index in [9.17, 15) is 4.79 Å². The first kappa shape index (κ1) is 9.61. The van der Waals surface area contributed by atoms with Crippen molar-refractivity contribution in [1.82, 2.24) is 0 Å². The topological polar surface area (TPSA) is 37.3 Å². The number of thiol groups is 1. The second kappa shape index (κ2) is 3.49. The molecule has 0 saturated heterocycles. The molecule has 0 aliphatic rings. The highest BCUT2D eigenvalue weighted by molar-refractivity contribution is 9.10. The van der Waals surface area contributed by atoms with E-state index < -0.39 is 5.97 Å². The van der Waals surface area contributed by atoms with Gasteiger partial charge < -0.3 is 5.11 Å². The second-order valence-electron chi connectivity index (χ2n) is 2.42. The average molecular weight is 247 g/mol. The SMILES string of the molecule is Cc1cc(C(=O)O)c(S)cc1Br. The second-order valence-corrected chi connectivity index (χ2v) is 3.76. The number of aryl methyl sites for hydroxylation is 1. The van der Waals surface area contributed by atoms with Gasteiger partial charge in [-0.2, -0.15) is 0 Å². The van der Waals surface area contributed by atoms with Crippen molar-refractivity contribution < 1.29 is 9.90 Å². The summed E-state index contributed by atoms with van der Waals surface area (Å²) < 4.78 is 0.873. The van der Waals surface area contributed by atoms with Crippen molar-refractivity contribution in [3.8, 4) is 0 Å². The van der Waals surface area contributed by atoms with E-state index in [0.29, 0.717) is 4.90 Å². The maximum atomic E-state index is 10.6. The third-order valence-corrected chi connectivity index (χ3v) is 2.73. The third kappa shape index (κ3) is 1.81. The van der Waals surface area contributed by atoms with Gasteiger partial charge in [0, 0.05) is 9.37 Å². The van der Waals surface area contributed by atoms with E-state index in [0.717, 1.165) is 10.0 Å². The molecule has 0 atom stereocenters. The molecule has 1 aromatic rings. The van der Waals surface area contributed by atoms with Crippen LogP contribution in [0.1, 0.15) is 15.9 Å². The Morgan fingerprint density at radius 2 is 2.17 bits per heavy atom. The van der Waals surface area contributed by atoms with Gasteiger partial charge in [0.25, 0.3) is 0 Å². The van der Waals surface area contributed by atoms with Gasteiger partial charge in [-0.1, -0.05) is 15.9 Å². The van der Waals surface area contributed by atoms with Gasteiger partial charge >= 0.3 is 5.97 Å².